The second kappa shape index (κ2) is 2.92. The Hall–Kier alpha value is -1.64. The lowest BCUT2D eigenvalue weighted by atomic mass is 9.96. The van der Waals surface area contributed by atoms with E-state index in [2.05, 4.69) is 11.1 Å². The van der Waals surface area contributed by atoms with Gasteiger partial charge in [0.05, 0.1) is 5.69 Å². The highest BCUT2D eigenvalue weighted by Gasteiger charge is 2.26. The Morgan fingerprint density at radius 2 is 2.33 bits per heavy atom. The molecule has 0 bridgehead atoms. The number of aromatic amines is 1. The first-order chi connectivity index (χ1) is 7.31. The minimum atomic E-state index is 0.354. The van der Waals surface area contributed by atoms with Crippen LogP contribution in [0.1, 0.15) is 23.8 Å². The molecule has 0 aliphatic heterocycles. The van der Waals surface area contributed by atoms with Crippen molar-refractivity contribution in [3.63, 3.8) is 0 Å². The first-order valence-corrected chi connectivity index (χ1v) is 5.31. The summed E-state index contributed by atoms with van der Waals surface area (Å²) in [4.78, 5) is 3.17. The smallest absolute Gasteiger partial charge is 0.161 e. The Labute approximate surface area is 87.7 Å². The van der Waals surface area contributed by atoms with Crippen molar-refractivity contribution in [2.24, 2.45) is 0 Å². The number of rotatable bonds is 1. The molecule has 2 aromatic heterocycles. The van der Waals surface area contributed by atoms with Crippen LogP contribution in [0.4, 0.5) is 0 Å². The number of fused-ring (bicyclic) bond motifs is 3. The van der Waals surface area contributed by atoms with Crippen molar-refractivity contribution >= 4 is 0 Å². The van der Waals surface area contributed by atoms with Crippen molar-refractivity contribution in [3.8, 4) is 17.2 Å². The largest absolute Gasteiger partial charge is 0.504 e. The van der Waals surface area contributed by atoms with E-state index < -0.39 is 0 Å². The second-order valence-corrected chi connectivity index (χ2v) is 3.91. The van der Waals surface area contributed by atoms with Gasteiger partial charge in [0.15, 0.2) is 11.5 Å². The monoisotopic (exact) mass is 203 g/mol. The van der Waals surface area contributed by atoms with Crippen molar-refractivity contribution < 1.29 is 9.52 Å². The summed E-state index contributed by atoms with van der Waals surface area (Å²) in [7, 11) is 0. The zero-order valence-corrected chi connectivity index (χ0v) is 8.63. The Morgan fingerprint density at radius 1 is 1.47 bits per heavy atom. The molecule has 0 unspecified atom stereocenters. The second-order valence-electron chi connectivity index (χ2n) is 3.91. The molecule has 3 heteroatoms. The van der Waals surface area contributed by atoms with Gasteiger partial charge in [0.2, 0.25) is 0 Å². The van der Waals surface area contributed by atoms with Gasteiger partial charge in [-0.05, 0) is 24.5 Å². The summed E-state index contributed by atoms with van der Waals surface area (Å²) in [6.07, 6.45) is 4.50. The number of hydrogen-bond donors (Lipinski definition) is 2. The van der Waals surface area contributed by atoms with Crippen molar-refractivity contribution in [2.75, 3.05) is 0 Å². The van der Waals surface area contributed by atoms with Gasteiger partial charge in [0, 0.05) is 18.2 Å². The van der Waals surface area contributed by atoms with Crippen molar-refractivity contribution in [2.45, 2.75) is 26.2 Å². The van der Waals surface area contributed by atoms with Gasteiger partial charge < -0.3 is 14.5 Å². The normalized spacial score (nSPS) is 13.7. The van der Waals surface area contributed by atoms with Gasteiger partial charge in [-0.15, -0.1) is 0 Å². The van der Waals surface area contributed by atoms with Crippen LogP contribution < -0.4 is 0 Å². The number of aromatic nitrogens is 1. The molecule has 0 radical (unpaired) electrons. The molecule has 1 aliphatic carbocycles. The number of furan rings is 1. The molecule has 0 aromatic carbocycles. The third kappa shape index (κ3) is 1.06. The predicted octanol–water partition coefficient (Wildman–Crippen LogP) is 2.64. The molecule has 0 saturated carbocycles. The van der Waals surface area contributed by atoms with Crippen molar-refractivity contribution in [3.05, 3.63) is 29.2 Å². The van der Waals surface area contributed by atoms with Crippen LogP contribution in [0.3, 0.4) is 0 Å². The molecule has 2 aromatic rings. The molecule has 3 rings (SSSR count). The fraction of sp³-hybridized carbons (Fsp3) is 0.333. The summed E-state index contributed by atoms with van der Waals surface area (Å²) in [6, 6.07) is 2.07. The molecule has 15 heavy (non-hydrogen) atoms. The SMILES string of the molecule is CCc1oc2c(c1O)CCc1cc[nH]c1-2. The van der Waals surface area contributed by atoms with Gasteiger partial charge in [0.25, 0.3) is 0 Å². The molecule has 2 heterocycles. The Balaban J connectivity index is 2.25. The topological polar surface area (TPSA) is 49.2 Å². The number of H-pyrrole nitrogens is 1. The van der Waals surface area contributed by atoms with Gasteiger partial charge in [-0.1, -0.05) is 6.92 Å². The summed E-state index contributed by atoms with van der Waals surface area (Å²) in [5.41, 5.74) is 3.27. The molecule has 0 saturated heterocycles. The number of hydrogen-bond acceptors (Lipinski definition) is 2. The van der Waals surface area contributed by atoms with Gasteiger partial charge in [0.1, 0.15) is 5.76 Å². The van der Waals surface area contributed by atoms with Crippen LogP contribution in [-0.4, -0.2) is 10.1 Å². The summed E-state index contributed by atoms with van der Waals surface area (Å²) >= 11 is 0. The van der Waals surface area contributed by atoms with E-state index in [1.165, 1.54) is 5.56 Å². The zero-order chi connectivity index (χ0) is 10.4. The lowest BCUT2D eigenvalue weighted by molar-refractivity contribution is 0.435. The van der Waals surface area contributed by atoms with Gasteiger partial charge >= 0.3 is 0 Å². The van der Waals surface area contributed by atoms with Crippen LogP contribution >= 0.6 is 0 Å². The highest BCUT2D eigenvalue weighted by atomic mass is 16.4. The zero-order valence-electron chi connectivity index (χ0n) is 8.63. The van der Waals surface area contributed by atoms with E-state index in [1.807, 2.05) is 13.1 Å². The lowest BCUT2D eigenvalue weighted by Crippen LogP contribution is -1.99. The van der Waals surface area contributed by atoms with Crippen molar-refractivity contribution in [1.82, 2.24) is 4.98 Å². The summed E-state index contributed by atoms with van der Waals surface area (Å²) in [6.45, 7) is 1.99. The molecular weight excluding hydrogens is 190 g/mol. The predicted molar refractivity (Wildman–Crippen MR) is 56.9 cm³/mol. The van der Waals surface area contributed by atoms with E-state index in [-0.39, 0.29) is 0 Å². The Kier molecular flexibility index (Phi) is 1.69. The fourth-order valence-corrected chi connectivity index (χ4v) is 2.26. The molecular formula is C12H13NO2. The molecule has 0 fully saturated rings. The average molecular weight is 203 g/mol. The van der Waals surface area contributed by atoms with E-state index in [1.54, 1.807) is 0 Å². The molecule has 0 amide bonds. The molecule has 0 atom stereocenters. The summed E-state index contributed by atoms with van der Waals surface area (Å²) < 4.78 is 5.69. The van der Waals surface area contributed by atoms with Crippen LogP contribution in [0.5, 0.6) is 5.75 Å². The fourth-order valence-electron chi connectivity index (χ4n) is 2.26. The minimum Gasteiger partial charge on any atom is -0.504 e. The Morgan fingerprint density at radius 3 is 3.13 bits per heavy atom. The third-order valence-corrected chi connectivity index (χ3v) is 3.08. The van der Waals surface area contributed by atoms with Crippen LogP contribution in [0, 0.1) is 0 Å². The maximum atomic E-state index is 9.93. The third-order valence-electron chi connectivity index (χ3n) is 3.08. The summed E-state index contributed by atoms with van der Waals surface area (Å²) in [5, 5.41) is 9.93. The number of aromatic hydroxyl groups is 1. The highest BCUT2D eigenvalue weighted by molar-refractivity contribution is 5.68. The van der Waals surface area contributed by atoms with Gasteiger partial charge in [-0.3, -0.25) is 0 Å². The first kappa shape index (κ1) is 8.65. The standard InChI is InChI=1S/C12H13NO2/c1-2-9-11(14)8-4-3-7-5-6-13-10(7)12(8)15-9/h5-6,13-14H,2-4H2,1H3. The van der Waals surface area contributed by atoms with Crippen LogP contribution in [0.2, 0.25) is 0 Å². The van der Waals surface area contributed by atoms with Crippen LogP contribution in [0.15, 0.2) is 16.7 Å². The molecule has 1 aliphatic rings. The van der Waals surface area contributed by atoms with E-state index in [9.17, 15) is 5.11 Å². The number of aryl methyl sites for hydroxylation is 2. The molecule has 78 valence electrons. The molecule has 0 spiro atoms. The van der Waals surface area contributed by atoms with Crippen LogP contribution in [0.25, 0.3) is 11.5 Å². The van der Waals surface area contributed by atoms with E-state index >= 15 is 0 Å². The minimum absolute atomic E-state index is 0.354. The quantitative estimate of drug-likeness (QED) is 0.748. The highest BCUT2D eigenvalue weighted by Crippen LogP contribution is 2.41. The van der Waals surface area contributed by atoms with E-state index in [0.29, 0.717) is 11.5 Å². The Bertz CT molecular complexity index is 508. The van der Waals surface area contributed by atoms with E-state index in [0.717, 1.165) is 36.3 Å². The van der Waals surface area contributed by atoms with E-state index in [4.69, 9.17) is 4.42 Å². The van der Waals surface area contributed by atoms with Gasteiger partial charge in [-0.2, -0.15) is 0 Å². The molecule has 3 nitrogen and oxygen atoms in total. The van der Waals surface area contributed by atoms with Gasteiger partial charge in [-0.25, -0.2) is 0 Å². The van der Waals surface area contributed by atoms with Crippen molar-refractivity contribution in [1.29, 1.82) is 0 Å². The number of nitrogens with one attached hydrogen (secondary N) is 1. The first-order valence-electron chi connectivity index (χ1n) is 5.31. The maximum Gasteiger partial charge on any atom is 0.161 e. The van der Waals surface area contributed by atoms with Crippen LogP contribution in [-0.2, 0) is 19.3 Å². The molecule has 2 N–H and O–H groups in total. The summed E-state index contributed by atoms with van der Waals surface area (Å²) in [5.74, 6) is 1.88. The maximum absolute atomic E-state index is 9.93. The lowest BCUT2D eigenvalue weighted by Gasteiger charge is -2.09. The average Bonchev–Trinajstić information content (AvgIpc) is 2.82.